The lowest BCUT2D eigenvalue weighted by Crippen LogP contribution is -2.16. The number of carboxylic acids is 1. The minimum absolute atomic E-state index is 0.194. The maximum Gasteiger partial charge on any atom is 0.343 e. The highest BCUT2D eigenvalue weighted by molar-refractivity contribution is 5.91. The highest BCUT2D eigenvalue weighted by Crippen LogP contribution is 2.25. The maximum absolute atomic E-state index is 10.8. The van der Waals surface area contributed by atoms with E-state index in [0.29, 0.717) is 18.2 Å². The van der Waals surface area contributed by atoms with E-state index < -0.39 is 5.97 Å². The monoisotopic (exact) mass is 182 g/mol. The fourth-order valence-electron chi connectivity index (χ4n) is 1.49. The molecular formula is C8H10N2O3. The molecule has 0 fully saturated rings. The molecule has 0 amide bonds. The number of fused-ring (bicyclic) bond motifs is 1. The SMILES string of the molecule is Cc1nn2c(c1C(=O)O)OCCC2. The summed E-state index contributed by atoms with van der Waals surface area (Å²) in [6, 6.07) is 0. The number of rotatable bonds is 1. The van der Waals surface area contributed by atoms with Crippen LogP contribution in [0.1, 0.15) is 22.5 Å². The molecule has 1 aliphatic rings. The van der Waals surface area contributed by atoms with Gasteiger partial charge in [-0.1, -0.05) is 0 Å². The van der Waals surface area contributed by atoms with Crippen molar-refractivity contribution in [3.63, 3.8) is 0 Å². The van der Waals surface area contributed by atoms with Gasteiger partial charge in [0.05, 0.1) is 12.3 Å². The van der Waals surface area contributed by atoms with Crippen molar-refractivity contribution >= 4 is 5.97 Å². The van der Waals surface area contributed by atoms with Crippen LogP contribution in [-0.2, 0) is 6.54 Å². The normalized spacial score (nSPS) is 14.8. The van der Waals surface area contributed by atoms with Gasteiger partial charge in [-0.3, -0.25) is 0 Å². The predicted octanol–water partition coefficient (Wildman–Crippen LogP) is 0.672. The molecule has 1 aromatic heterocycles. The van der Waals surface area contributed by atoms with Crippen molar-refractivity contribution in [1.82, 2.24) is 9.78 Å². The lowest BCUT2D eigenvalue weighted by atomic mass is 10.2. The van der Waals surface area contributed by atoms with Gasteiger partial charge in [-0.2, -0.15) is 5.10 Å². The van der Waals surface area contributed by atoms with Crippen molar-refractivity contribution in [3.05, 3.63) is 11.3 Å². The summed E-state index contributed by atoms with van der Waals surface area (Å²) in [4.78, 5) is 10.8. The van der Waals surface area contributed by atoms with Gasteiger partial charge < -0.3 is 9.84 Å². The van der Waals surface area contributed by atoms with Crippen molar-refractivity contribution < 1.29 is 14.6 Å². The van der Waals surface area contributed by atoms with Gasteiger partial charge in [0.1, 0.15) is 5.56 Å². The average Bonchev–Trinajstić information content (AvgIpc) is 2.39. The van der Waals surface area contributed by atoms with Crippen LogP contribution in [0.2, 0.25) is 0 Å². The number of hydrogen-bond donors (Lipinski definition) is 1. The van der Waals surface area contributed by atoms with Gasteiger partial charge in [-0.15, -0.1) is 0 Å². The molecule has 0 radical (unpaired) electrons. The first-order valence-corrected chi connectivity index (χ1v) is 4.13. The third kappa shape index (κ3) is 1.16. The fraction of sp³-hybridized carbons (Fsp3) is 0.500. The van der Waals surface area contributed by atoms with Crippen molar-refractivity contribution in [1.29, 1.82) is 0 Å². The van der Waals surface area contributed by atoms with E-state index in [1.54, 1.807) is 11.6 Å². The zero-order valence-electron chi connectivity index (χ0n) is 7.28. The minimum Gasteiger partial charge on any atom is -0.477 e. The Kier molecular flexibility index (Phi) is 1.72. The molecular weight excluding hydrogens is 172 g/mol. The summed E-state index contributed by atoms with van der Waals surface area (Å²) in [5, 5.41) is 13.0. The van der Waals surface area contributed by atoms with Gasteiger partial charge in [0.25, 0.3) is 0 Å². The summed E-state index contributed by atoms with van der Waals surface area (Å²) in [7, 11) is 0. The number of aryl methyl sites for hydroxylation is 2. The molecule has 1 aromatic rings. The van der Waals surface area contributed by atoms with E-state index in [-0.39, 0.29) is 5.56 Å². The van der Waals surface area contributed by atoms with Crippen LogP contribution in [-0.4, -0.2) is 27.5 Å². The van der Waals surface area contributed by atoms with Gasteiger partial charge in [-0.25, -0.2) is 9.48 Å². The zero-order chi connectivity index (χ0) is 9.42. The van der Waals surface area contributed by atoms with Crippen molar-refractivity contribution in [2.75, 3.05) is 6.61 Å². The molecule has 0 bridgehead atoms. The molecule has 2 heterocycles. The van der Waals surface area contributed by atoms with Crippen LogP contribution in [0, 0.1) is 6.92 Å². The van der Waals surface area contributed by atoms with Crippen molar-refractivity contribution in [2.24, 2.45) is 0 Å². The summed E-state index contributed by atoms with van der Waals surface area (Å²) in [6.07, 6.45) is 0.882. The van der Waals surface area contributed by atoms with Gasteiger partial charge >= 0.3 is 5.97 Å². The van der Waals surface area contributed by atoms with Gasteiger partial charge in [-0.05, 0) is 6.92 Å². The van der Waals surface area contributed by atoms with Gasteiger partial charge in [0.2, 0.25) is 5.88 Å². The van der Waals surface area contributed by atoms with Crippen LogP contribution in [0.15, 0.2) is 0 Å². The number of ether oxygens (including phenoxy) is 1. The summed E-state index contributed by atoms with van der Waals surface area (Å²) in [6.45, 7) is 2.99. The number of aromatic nitrogens is 2. The summed E-state index contributed by atoms with van der Waals surface area (Å²) in [5.41, 5.74) is 0.712. The molecule has 0 saturated heterocycles. The van der Waals surface area contributed by atoms with E-state index in [9.17, 15) is 4.79 Å². The van der Waals surface area contributed by atoms with E-state index >= 15 is 0 Å². The zero-order valence-corrected chi connectivity index (χ0v) is 7.28. The molecule has 0 atom stereocenters. The van der Waals surface area contributed by atoms with Crippen LogP contribution >= 0.6 is 0 Å². The van der Waals surface area contributed by atoms with Crippen LogP contribution in [0.3, 0.4) is 0 Å². The Morgan fingerprint density at radius 2 is 2.46 bits per heavy atom. The van der Waals surface area contributed by atoms with E-state index in [4.69, 9.17) is 9.84 Å². The van der Waals surface area contributed by atoms with Crippen molar-refractivity contribution in [2.45, 2.75) is 19.9 Å². The maximum atomic E-state index is 10.8. The standard InChI is InChI=1S/C8H10N2O3/c1-5-6(8(11)12)7-10(9-5)3-2-4-13-7/h2-4H2,1H3,(H,11,12). The van der Waals surface area contributed by atoms with E-state index in [1.807, 2.05) is 0 Å². The Morgan fingerprint density at radius 3 is 3.15 bits per heavy atom. The number of carboxylic acid groups (broad SMARTS) is 1. The Morgan fingerprint density at radius 1 is 1.69 bits per heavy atom. The van der Waals surface area contributed by atoms with E-state index in [0.717, 1.165) is 13.0 Å². The quantitative estimate of drug-likeness (QED) is 0.693. The second-order valence-corrected chi connectivity index (χ2v) is 3.00. The van der Waals surface area contributed by atoms with Crippen LogP contribution < -0.4 is 4.74 Å². The summed E-state index contributed by atoms with van der Waals surface area (Å²) < 4.78 is 6.87. The highest BCUT2D eigenvalue weighted by atomic mass is 16.5. The molecule has 2 rings (SSSR count). The largest absolute Gasteiger partial charge is 0.477 e. The molecule has 0 aromatic carbocycles. The Balaban J connectivity index is 2.54. The lowest BCUT2D eigenvalue weighted by molar-refractivity contribution is 0.0689. The fourth-order valence-corrected chi connectivity index (χ4v) is 1.49. The van der Waals surface area contributed by atoms with Crippen LogP contribution in [0.25, 0.3) is 0 Å². The highest BCUT2D eigenvalue weighted by Gasteiger charge is 2.24. The molecule has 0 unspecified atom stereocenters. The van der Waals surface area contributed by atoms with Gasteiger partial charge in [0.15, 0.2) is 0 Å². The predicted molar refractivity (Wildman–Crippen MR) is 44.0 cm³/mol. The molecule has 1 N–H and O–H groups in total. The second-order valence-electron chi connectivity index (χ2n) is 3.00. The summed E-state index contributed by atoms with van der Waals surface area (Å²) in [5.74, 6) is -0.572. The third-order valence-electron chi connectivity index (χ3n) is 2.05. The van der Waals surface area contributed by atoms with Crippen LogP contribution in [0.4, 0.5) is 0 Å². The smallest absolute Gasteiger partial charge is 0.343 e. The van der Waals surface area contributed by atoms with E-state index in [1.165, 1.54) is 0 Å². The van der Waals surface area contributed by atoms with Crippen LogP contribution in [0.5, 0.6) is 5.88 Å². The first-order chi connectivity index (χ1) is 6.20. The molecule has 5 heteroatoms. The molecule has 70 valence electrons. The first-order valence-electron chi connectivity index (χ1n) is 4.13. The minimum atomic E-state index is -0.972. The van der Waals surface area contributed by atoms with E-state index in [2.05, 4.69) is 5.10 Å². The second kappa shape index (κ2) is 2.76. The Bertz CT molecular complexity index is 357. The summed E-state index contributed by atoms with van der Waals surface area (Å²) >= 11 is 0. The van der Waals surface area contributed by atoms with Gasteiger partial charge in [0, 0.05) is 13.0 Å². The molecule has 0 aliphatic carbocycles. The number of nitrogens with zero attached hydrogens (tertiary/aromatic N) is 2. The third-order valence-corrected chi connectivity index (χ3v) is 2.05. The van der Waals surface area contributed by atoms with Crippen molar-refractivity contribution in [3.8, 4) is 5.88 Å². The average molecular weight is 182 g/mol. The molecule has 0 saturated carbocycles. The number of hydrogen-bond acceptors (Lipinski definition) is 3. The molecule has 13 heavy (non-hydrogen) atoms. The molecule has 1 aliphatic heterocycles. The molecule has 5 nitrogen and oxygen atoms in total. The Labute approximate surface area is 74.9 Å². The topological polar surface area (TPSA) is 64.4 Å². The Hall–Kier alpha value is -1.52. The number of aromatic carboxylic acids is 1. The first kappa shape index (κ1) is 8.10. The lowest BCUT2D eigenvalue weighted by Gasteiger charge is -2.14. The number of carbonyl (C=O) groups is 1. The molecule has 0 spiro atoms.